The Bertz CT molecular complexity index is 779. The Morgan fingerprint density at radius 1 is 1.19 bits per heavy atom. The van der Waals surface area contributed by atoms with Gasteiger partial charge < -0.3 is 4.74 Å². The van der Waals surface area contributed by atoms with Crippen LogP contribution in [-0.2, 0) is 14.9 Å². The number of halogens is 2. The van der Waals surface area contributed by atoms with Crippen molar-refractivity contribution in [2.24, 2.45) is 0 Å². The average molecular weight is 437 g/mol. The second-order valence-electron chi connectivity index (χ2n) is 6.96. The standard InChI is InChI=1S/C21H23BrClNO2/c1-21(2,3)17-7-5-15(6-8-17)18(14-20(25)26-12-4-10-22)16-9-11-24-19(23)13-16/h5-9,11,13-14H,4,10,12H2,1-3H3. The Kier molecular flexibility index (Phi) is 7.42. The van der Waals surface area contributed by atoms with E-state index >= 15 is 0 Å². The number of pyridine rings is 1. The summed E-state index contributed by atoms with van der Waals surface area (Å²) in [6.45, 7) is 6.89. The van der Waals surface area contributed by atoms with E-state index in [1.165, 1.54) is 11.6 Å². The van der Waals surface area contributed by atoms with E-state index < -0.39 is 0 Å². The van der Waals surface area contributed by atoms with Crippen molar-refractivity contribution in [3.63, 3.8) is 0 Å². The Balaban J connectivity index is 2.39. The van der Waals surface area contributed by atoms with Gasteiger partial charge in [-0.2, -0.15) is 0 Å². The molecular weight excluding hydrogens is 414 g/mol. The first-order valence-electron chi connectivity index (χ1n) is 8.48. The molecule has 0 atom stereocenters. The van der Waals surface area contributed by atoms with Crippen molar-refractivity contribution in [2.45, 2.75) is 32.6 Å². The average Bonchev–Trinajstić information content (AvgIpc) is 2.59. The monoisotopic (exact) mass is 435 g/mol. The smallest absolute Gasteiger partial charge is 0.331 e. The molecule has 1 aromatic carbocycles. The Labute approximate surface area is 168 Å². The molecule has 2 rings (SSSR count). The highest BCUT2D eigenvalue weighted by atomic mass is 79.9. The third-order valence-corrected chi connectivity index (χ3v) is 4.65. The van der Waals surface area contributed by atoms with Crippen LogP contribution >= 0.6 is 27.5 Å². The van der Waals surface area contributed by atoms with Crippen molar-refractivity contribution >= 4 is 39.1 Å². The van der Waals surface area contributed by atoms with Crippen molar-refractivity contribution in [2.75, 3.05) is 11.9 Å². The molecule has 0 fully saturated rings. The SMILES string of the molecule is CC(C)(C)c1ccc(C(=CC(=O)OCCCBr)c2ccnc(Cl)c2)cc1. The number of hydrogen-bond acceptors (Lipinski definition) is 3. The fourth-order valence-corrected chi connectivity index (χ4v) is 2.84. The molecule has 0 bridgehead atoms. The maximum Gasteiger partial charge on any atom is 0.331 e. The predicted octanol–water partition coefficient (Wildman–Crippen LogP) is 5.79. The highest BCUT2D eigenvalue weighted by molar-refractivity contribution is 9.09. The van der Waals surface area contributed by atoms with E-state index in [0.29, 0.717) is 11.8 Å². The molecular formula is C21H23BrClNO2. The van der Waals surface area contributed by atoms with Gasteiger partial charge in [-0.1, -0.05) is 72.6 Å². The fraction of sp³-hybridized carbons (Fsp3) is 0.333. The first-order valence-corrected chi connectivity index (χ1v) is 9.98. The number of esters is 1. The molecule has 1 aromatic heterocycles. The molecule has 2 aromatic rings. The summed E-state index contributed by atoms with van der Waals surface area (Å²) >= 11 is 9.37. The van der Waals surface area contributed by atoms with Gasteiger partial charge in [0, 0.05) is 17.6 Å². The molecule has 0 saturated carbocycles. The Morgan fingerprint density at radius 2 is 1.88 bits per heavy atom. The summed E-state index contributed by atoms with van der Waals surface area (Å²) in [5.74, 6) is -0.367. The van der Waals surface area contributed by atoms with Gasteiger partial charge >= 0.3 is 5.97 Å². The summed E-state index contributed by atoms with van der Waals surface area (Å²) in [4.78, 5) is 16.2. The van der Waals surface area contributed by atoms with Gasteiger partial charge in [0.25, 0.3) is 0 Å². The van der Waals surface area contributed by atoms with Gasteiger partial charge in [0.1, 0.15) is 5.15 Å². The van der Waals surface area contributed by atoms with Crippen LogP contribution in [-0.4, -0.2) is 22.9 Å². The van der Waals surface area contributed by atoms with E-state index in [1.54, 1.807) is 12.3 Å². The van der Waals surface area contributed by atoms with Gasteiger partial charge in [0.15, 0.2) is 0 Å². The molecule has 0 aliphatic carbocycles. The lowest BCUT2D eigenvalue weighted by Gasteiger charge is -2.19. The van der Waals surface area contributed by atoms with Crippen LogP contribution in [0.4, 0.5) is 0 Å². The van der Waals surface area contributed by atoms with Gasteiger partial charge in [0.2, 0.25) is 0 Å². The molecule has 0 radical (unpaired) electrons. The van der Waals surface area contributed by atoms with Gasteiger partial charge in [-0.25, -0.2) is 9.78 Å². The maximum atomic E-state index is 12.2. The van der Waals surface area contributed by atoms with Gasteiger partial charge in [0.05, 0.1) is 6.61 Å². The second-order valence-corrected chi connectivity index (χ2v) is 8.14. The van der Waals surface area contributed by atoms with Crippen LogP contribution in [0.3, 0.4) is 0 Å². The zero-order chi connectivity index (χ0) is 19.2. The molecule has 3 nitrogen and oxygen atoms in total. The van der Waals surface area contributed by atoms with E-state index in [1.807, 2.05) is 18.2 Å². The first kappa shape index (κ1) is 20.7. The zero-order valence-corrected chi connectivity index (χ0v) is 17.6. The molecule has 0 unspecified atom stereocenters. The minimum Gasteiger partial charge on any atom is -0.462 e. The molecule has 26 heavy (non-hydrogen) atoms. The van der Waals surface area contributed by atoms with Crippen molar-refractivity contribution in [3.8, 4) is 0 Å². The quantitative estimate of drug-likeness (QED) is 0.189. The Hall–Kier alpha value is -1.65. The van der Waals surface area contributed by atoms with E-state index in [0.717, 1.165) is 28.5 Å². The third kappa shape index (κ3) is 5.96. The molecule has 138 valence electrons. The van der Waals surface area contributed by atoms with E-state index in [2.05, 4.69) is 53.8 Å². The number of nitrogens with zero attached hydrogens (tertiary/aromatic N) is 1. The summed E-state index contributed by atoms with van der Waals surface area (Å²) in [5.41, 5.74) is 3.81. The van der Waals surface area contributed by atoms with Crippen molar-refractivity contribution in [3.05, 3.63) is 70.5 Å². The minimum absolute atomic E-state index is 0.0665. The number of carbonyl (C=O) groups excluding carboxylic acids is 1. The molecule has 0 amide bonds. The maximum absolute atomic E-state index is 12.2. The summed E-state index contributed by atoms with van der Waals surface area (Å²) in [6.07, 6.45) is 3.92. The van der Waals surface area contributed by atoms with Crippen LogP contribution in [0.25, 0.3) is 5.57 Å². The second kappa shape index (κ2) is 9.33. The third-order valence-electron chi connectivity index (χ3n) is 3.88. The molecule has 1 heterocycles. The van der Waals surface area contributed by atoms with Crippen LogP contribution in [0, 0.1) is 0 Å². The molecule has 0 aliphatic heterocycles. The molecule has 0 aliphatic rings. The van der Waals surface area contributed by atoms with Gasteiger partial charge in [-0.05, 0) is 46.2 Å². The molecule has 0 saturated heterocycles. The topological polar surface area (TPSA) is 39.2 Å². The number of rotatable bonds is 6. The number of ether oxygens (including phenoxy) is 1. The van der Waals surface area contributed by atoms with Crippen LogP contribution < -0.4 is 0 Å². The summed E-state index contributed by atoms with van der Waals surface area (Å²) in [6, 6.07) is 11.8. The van der Waals surface area contributed by atoms with Crippen LogP contribution in [0.5, 0.6) is 0 Å². The summed E-state index contributed by atoms with van der Waals surface area (Å²) in [7, 11) is 0. The van der Waals surface area contributed by atoms with E-state index in [4.69, 9.17) is 16.3 Å². The highest BCUT2D eigenvalue weighted by Gasteiger charge is 2.15. The molecule has 0 N–H and O–H groups in total. The number of hydrogen-bond donors (Lipinski definition) is 0. The van der Waals surface area contributed by atoms with Crippen molar-refractivity contribution in [1.82, 2.24) is 4.98 Å². The normalized spacial score (nSPS) is 12.1. The van der Waals surface area contributed by atoms with Crippen LogP contribution in [0.1, 0.15) is 43.9 Å². The zero-order valence-electron chi connectivity index (χ0n) is 15.3. The van der Waals surface area contributed by atoms with E-state index in [9.17, 15) is 4.79 Å². The lowest BCUT2D eigenvalue weighted by molar-refractivity contribution is -0.137. The number of aromatic nitrogens is 1. The fourth-order valence-electron chi connectivity index (χ4n) is 2.44. The lowest BCUT2D eigenvalue weighted by Crippen LogP contribution is -2.10. The lowest BCUT2D eigenvalue weighted by atomic mass is 9.85. The number of benzene rings is 1. The Morgan fingerprint density at radius 3 is 2.46 bits per heavy atom. The highest BCUT2D eigenvalue weighted by Crippen LogP contribution is 2.28. The largest absolute Gasteiger partial charge is 0.462 e. The minimum atomic E-state index is -0.367. The molecule has 5 heteroatoms. The first-order chi connectivity index (χ1) is 12.3. The molecule has 0 spiro atoms. The van der Waals surface area contributed by atoms with Crippen LogP contribution in [0.2, 0.25) is 5.15 Å². The van der Waals surface area contributed by atoms with Crippen LogP contribution in [0.15, 0.2) is 48.7 Å². The van der Waals surface area contributed by atoms with Gasteiger partial charge in [-0.3, -0.25) is 0 Å². The van der Waals surface area contributed by atoms with Crippen molar-refractivity contribution < 1.29 is 9.53 Å². The van der Waals surface area contributed by atoms with Gasteiger partial charge in [-0.15, -0.1) is 0 Å². The van der Waals surface area contributed by atoms with Crippen molar-refractivity contribution in [1.29, 1.82) is 0 Å². The summed E-state index contributed by atoms with van der Waals surface area (Å²) < 4.78 is 5.27. The number of carbonyl (C=O) groups is 1. The predicted molar refractivity (Wildman–Crippen MR) is 111 cm³/mol. The number of alkyl halides is 1. The summed E-state index contributed by atoms with van der Waals surface area (Å²) in [5, 5.41) is 1.18. The van der Waals surface area contributed by atoms with E-state index in [-0.39, 0.29) is 11.4 Å².